The molecule has 122 valence electrons. The summed E-state index contributed by atoms with van der Waals surface area (Å²) in [4.78, 5) is 7.65. The molecule has 1 heterocycles. The molecule has 0 aliphatic carbocycles. The van der Waals surface area contributed by atoms with E-state index in [1.54, 1.807) is 0 Å². The molecule has 0 N–H and O–H groups in total. The van der Waals surface area contributed by atoms with Gasteiger partial charge < -0.3 is 4.90 Å². The van der Waals surface area contributed by atoms with Crippen molar-refractivity contribution in [2.24, 2.45) is 0 Å². The summed E-state index contributed by atoms with van der Waals surface area (Å²) in [6.07, 6.45) is 0. The van der Waals surface area contributed by atoms with Crippen LogP contribution in [0.15, 0.2) is 62.8 Å². The monoisotopic (exact) mass is 390 g/mol. The first-order chi connectivity index (χ1) is 11.1. The maximum absolute atomic E-state index is 3.65. The van der Waals surface area contributed by atoms with Crippen molar-refractivity contribution in [2.75, 3.05) is 33.2 Å². The van der Waals surface area contributed by atoms with Crippen molar-refractivity contribution < 1.29 is 0 Å². The smallest absolute Gasteiger partial charge is 0.0332 e. The van der Waals surface area contributed by atoms with Gasteiger partial charge in [-0.25, -0.2) is 0 Å². The molecule has 0 bridgehead atoms. The number of halogens is 1. The van der Waals surface area contributed by atoms with E-state index in [0.717, 1.165) is 30.7 Å². The topological polar surface area (TPSA) is 6.48 Å². The molecule has 0 amide bonds. The van der Waals surface area contributed by atoms with Crippen molar-refractivity contribution in [2.45, 2.75) is 22.8 Å². The molecule has 0 unspecified atom stereocenters. The normalized spacial score (nSPS) is 18.0. The van der Waals surface area contributed by atoms with Gasteiger partial charge in [0.25, 0.3) is 0 Å². The predicted octanol–water partition coefficient (Wildman–Crippen LogP) is 4.91. The number of piperazine rings is 1. The molecule has 1 saturated heterocycles. The molecule has 0 spiro atoms. The molecule has 1 aliphatic heterocycles. The maximum Gasteiger partial charge on any atom is 0.0332 e. The van der Waals surface area contributed by atoms with Gasteiger partial charge in [-0.05, 0) is 49.9 Å². The van der Waals surface area contributed by atoms with Crippen LogP contribution in [0.3, 0.4) is 0 Å². The number of benzene rings is 2. The van der Waals surface area contributed by atoms with Crippen molar-refractivity contribution in [3.05, 3.63) is 58.6 Å². The van der Waals surface area contributed by atoms with Gasteiger partial charge in [-0.2, -0.15) is 0 Å². The molecule has 2 aromatic rings. The van der Waals surface area contributed by atoms with Gasteiger partial charge in [0, 0.05) is 46.5 Å². The average Bonchev–Trinajstić information content (AvgIpc) is 2.57. The van der Waals surface area contributed by atoms with Crippen LogP contribution >= 0.6 is 27.7 Å². The molecule has 0 aromatic heterocycles. The predicted molar refractivity (Wildman–Crippen MR) is 102 cm³/mol. The molecule has 1 fully saturated rings. The fourth-order valence-corrected chi connectivity index (χ4v) is 4.37. The number of hydrogen-bond acceptors (Lipinski definition) is 3. The van der Waals surface area contributed by atoms with Gasteiger partial charge >= 0.3 is 0 Å². The standard InChI is InChI=1S/C19H23BrN2S/c1-15(22-12-10-21(2)11-13-22)18-14-16(20)8-9-19(18)23-17-6-4-3-5-7-17/h3-9,14-15H,10-13H2,1-2H3/t15-/m0/s1. The summed E-state index contributed by atoms with van der Waals surface area (Å²) < 4.78 is 1.16. The first-order valence-corrected chi connectivity index (χ1v) is 9.69. The van der Waals surface area contributed by atoms with Gasteiger partial charge in [0.2, 0.25) is 0 Å². The Morgan fingerprint density at radius 3 is 2.39 bits per heavy atom. The molecule has 0 saturated carbocycles. The molecule has 2 nitrogen and oxygen atoms in total. The van der Waals surface area contributed by atoms with Crippen molar-refractivity contribution in [3.63, 3.8) is 0 Å². The van der Waals surface area contributed by atoms with E-state index in [2.05, 4.69) is 88.2 Å². The zero-order valence-electron chi connectivity index (χ0n) is 13.7. The van der Waals surface area contributed by atoms with Crippen LogP contribution in [0, 0.1) is 0 Å². The summed E-state index contributed by atoms with van der Waals surface area (Å²) in [5.74, 6) is 0. The summed E-state index contributed by atoms with van der Waals surface area (Å²) in [5.41, 5.74) is 1.41. The van der Waals surface area contributed by atoms with Crippen LogP contribution in [0.25, 0.3) is 0 Å². The minimum atomic E-state index is 0.437. The van der Waals surface area contributed by atoms with Gasteiger partial charge in [-0.15, -0.1) is 0 Å². The highest BCUT2D eigenvalue weighted by Crippen LogP contribution is 2.36. The molecule has 2 aromatic carbocycles. The van der Waals surface area contributed by atoms with Crippen molar-refractivity contribution in [1.82, 2.24) is 9.80 Å². The summed E-state index contributed by atoms with van der Waals surface area (Å²) >= 11 is 5.51. The van der Waals surface area contributed by atoms with Crippen LogP contribution in [-0.4, -0.2) is 43.0 Å². The SMILES string of the molecule is C[C@@H](c1cc(Br)ccc1Sc1ccccc1)N1CCN(C)CC1. The van der Waals surface area contributed by atoms with Crippen LogP contribution < -0.4 is 0 Å². The number of rotatable bonds is 4. The Kier molecular flexibility index (Phi) is 5.81. The zero-order chi connectivity index (χ0) is 16.2. The third-order valence-electron chi connectivity index (χ3n) is 4.48. The third-order valence-corrected chi connectivity index (χ3v) is 6.07. The van der Waals surface area contributed by atoms with E-state index >= 15 is 0 Å². The highest BCUT2D eigenvalue weighted by atomic mass is 79.9. The molecule has 1 aliphatic rings. The third kappa shape index (κ3) is 4.38. The van der Waals surface area contributed by atoms with E-state index in [1.807, 2.05) is 11.8 Å². The van der Waals surface area contributed by atoms with Gasteiger partial charge in [0.15, 0.2) is 0 Å². The largest absolute Gasteiger partial charge is 0.304 e. The van der Waals surface area contributed by atoms with E-state index in [-0.39, 0.29) is 0 Å². The van der Waals surface area contributed by atoms with Crippen LogP contribution in [0.1, 0.15) is 18.5 Å². The van der Waals surface area contributed by atoms with E-state index in [9.17, 15) is 0 Å². The van der Waals surface area contributed by atoms with E-state index in [1.165, 1.54) is 15.4 Å². The lowest BCUT2D eigenvalue weighted by Gasteiger charge is -2.37. The van der Waals surface area contributed by atoms with Gasteiger partial charge in [0.1, 0.15) is 0 Å². The number of hydrogen-bond donors (Lipinski definition) is 0. The molecule has 4 heteroatoms. The van der Waals surface area contributed by atoms with Gasteiger partial charge in [-0.1, -0.05) is 45.9 Å². The Balaban J connectivity index is 1.84. The van der Waals surface area contributed by atoms with Gasteiger partial charge in [-0.3, -0.25) is 4.90 Å². The van der Waals surface area contributed by atoms with E-state index in [4.69, 9.17) is 0 Å². The Morgan fingerprint density at radius 1 is 1.00 bits per heavy atom. The lowest BCUT2D eigenvalue weighted by Crippen LogP contribution is -2.45. The number of nitrogens with zero attached hydrogens (tertiary/aromatic N) is 2. The van der Waals surface area contributed by atoms with Crippen LogP contribution in [0.4, 0.5) is 0 Å². The van der Waals surface area contributed by atoms with Crippen LogP contribution in [-0.2, 0) is 0 Å². The quantitative estimate of drug-likeness (QED) is 0.731. The van der Waals surface area contributed by atoms with Crippen LogP contribution in [0.2, 0.25) is 0 Å². The summed E-state index contributed by atoms with van der Waals surface area (Å²) in [5, 5.41) is 0. The second kappa shape index (κ2) is 7.84. The lowest BCUT2D eigenvalue weighted by molar-refractivity contribution is 0.118. The molecular formula is C19H23BrN2S. The fraction of sp³-hybridized carbons (Fsp3) is 0.368. The lowest BCUT2D eigenvalue weighted by atomic mass is 10.1. The number of likely N-dealkylation sites (N-methyl/N-ethyl adjacent to an activating group) is 1. The highest BCUT2D eigenvalue weighted by Gasteiger charge is 2.22. The minimum absolute atomic E-state index is 0.437. The summed E-state index contributed by atoms with van der Waals surface area (Å²) in [6, 6.07) is 17.7. The highest BCUT2D eigenvalue weighted by molar-refractivity contribution is 9.10. The Bertz CT molecular complexity index is 639. The maximum atomic E-state index is 3.65. The van der Waals surface area contributed by atoms with Crippen molar-refractivity contribution in [3.8, 4) is 0 Å². The Hall–Kier alpha value is -0.810. The molecule has 3 rings (SSSR count). The molecule has 1 atom stereocenters. The second-order valence-electron chi connectivity index (χ2n) is 6.11. The molecule has 23 heavy (non-hydrogen) atoms. The molecule has 0 radical (unpaired) electrons. The van der Waals surface area contributed by atoms with Crippen molar-refractivity contribution in [1.29, 1.82) is 0 Å². The second-order valence-corrected chi connectivity index (χ2v) is 8.14. The summed E-state index contributed by atoms with van der Waals surface area (Å²) in [7, 11) is 2.21. The van der Waals surface area contributed by atoms with Crippen LogP contribution in [0.5, 0.6) is 0 Å². The van der Waals surface area contributed by atoms with E-state index in [0.29, 0.717) is 6.04 Å². The first kappa shape index (κ1) is 17.0. The molecular weight excluding hydrogens is 368 g/mol. The Labute approximate surface area is 152 Å². The first-order valence-electron chi connectivity index (χ1n) is 8.08. The average molecular weight is 391 g/mol. The zero-order valence-corrected chi connectivity index (χ0v) is 16.1. The fourth-order valence-electron chi connectivity index (χ4n) is 2.96. The Morgan fingerprint density at radius 2 is 1.70 bits per heavy atom. The van der Waals surface area contributed by atoms with Gasteiger partial charge in [0.05, 0.1) is 0 Å². The van der Waals surface area contributed by atoms with Crippen molar-refractivity contribution >= 4 is 27.7 Å². The minimum Gasteiger partial charge on any atom is -0.304 e. The van der Waals surface area contributed by atoms with E-state index < -0.39 is 0 Å². The summed E-state index contributed by atoms with van der Waals surface area (Å²) in [6.45, 7) is 6.92.